The third kappa shape index (κ3) is 11.7. The zero-order chi connectivity index (χ0) is 10.9. The van der Waals surface area contributed by atoms with Gasteiger partial charge in [0.15, 0.2) is 0 Å². The maximum absolute atomic E-state index is 10.8. The molecule has 0 atom stereocenters. The van der Waals surface area contributed by atoms with Gasteiger partial charge in [-0.25, -0.2) is 8.42 Å². The summed E-state index contributed by atoms with van der Waals surface area (Å²) < 4.78 is 21.6. The van der Waals surface area contributed by atoms with Gasteiger partial charge in [0.25, 0.3) is 0 Å². The molecule has 0 aliphatic heterocycles. The highest BCUT2D eigenvalue weighted by Crippen LogP contribution is 2.07. The Morgan fingerprint density at radius 3 is 2.00 bits per heavy atom. The second kappa shape index (κ2) is 8.04. The molecule has 0 fully saturated rings. The van der Waals surface area contributed by atoms with Gasteiger partial charge in [0.1, 0.15) is 9.84 Å². The van der Waals surface area contributed by atoms with E-state index in [2.05, 4.69) is 6.58 Å². The first kappa shape index (κ1) is 13.7. The van der Waals surface area contributed by atoms with E-state index >= 15 is 0 Å². The summed E-state index contributed by atoms with van der Waals surface area (Å²) in [6, 6.07) is 0. The second-order valence-corrected chi connectivity index (χ2v) is 6.09. The van der Waals surface area contributed by atoms with E-state index in [1.165, 1.54) is 25.5 Å². The van der Waals surface area contributed by atoms with Gasteiger partial charge in [-0.05, 0) is 19.3 Å². The number of unbranched alkanes of at least 4 members (excludes halogenated alkanes) is 6. The van der Waals surface area contributed by atoms with Crippen LogP contribution in [0.3, 0.4) is 0 Å². The molecule has 0 saturated heterocycles. The summed E-state index contributed by atoms with van der Waals surface area (Å²) >= 11 is 0. The molecule has 0 aromatic rings. The molecule has 0 heterocycles. The molecule has 14 heavy (non-hydrogen) atoms. The van der Waals surface area contributed by atoms with Gasteiger partial charge in [-0.15, -0.1) is 6.58 Å². The number of hydrogen-bond acceptors (Lipinski definition) is 2. The third-order valence-electron chi connectivity index (χ3n) is 2.17. The van der Waals surface area contributed by atoms with Crippen LogP contribution in [0.5, 0.6) is 0 Å². The molecule has 0 saturated carbocycles. The standard InChI is InChI=1S/C11H22O2S/c1-3-4-5-6-7-8-9-10-11-14(2,12)13/h3H,1,4-11H2,2H3. The van der Waals surface area contributed by atoms with E-state index in [0.717, 1.165) is 25.7 Å². The van der Waals surface area contributed by atoms with Gasteiger partial charge < -0.3 is 0 Å². The van der Waals surface area contributed by atoms with Gasteiger partial charge in [-0.3, -0.25) is 0 Å². The first-order valence-corrected chi connectivity index (χ1v) is 7.41. The van der Waals surface area contributed by atoms with E-state index in [1.807, 2.05) is 6.08 Å². The Kier molecular flexibility index (Phi) is 7.86. The van der Waals surface area contributed by atoms with Crippen molar-refractivity contribution in [1.29, 1.82) is 0 Å². The highest BCUT2D eigenvalue weighted by atomic mass is 32.2. The predicted octanol–water partition coefficient (Wildman–Crippen LogP) is 2.95. The second-order valence-electron chi connectivity index (χ2n) is 3.83. The van der Waals surface area contributed by atoms with Gasteiger partial charge in [0.2, 0.25) is 0 Å². The molecule has 3 heteroatoms. The summed E-state index contributed by atoms with van der Waals surface area (Å²) in [6.45, 7) is 3.67. The Morgan fingerprint density at radius 2 is 1.50 bits per heavy atom. The highest BCUT2D eigenvalue weighted by molar-refractivity contribution is 7.90. The zero-order valence-corrected chi connectivity index (χ0v) is 9.98. The molecule has 2 nitrogen and oxygen atoms in total. The molecule has 0 aliphatic rings. The van der Waals surface area contributed by atoms with Crippen molar-refractivity contribution in [3.05, 3.63) is 12.7 Å². The lowest BCUT2D eigenvalue weighted by molar-refractivity contribution is 0.585. The van der Waals surface area contributed by atoms with Crippen molar-refractivity contribution in [2.45, 2.75) is 44.9 Å². The smallest absolute Gasteiger partial charge is 0.147 e. The molecule has 0 aromatic heterocycles. The molecule has 0 aromatic carbocycles. The predicted molar refractivity (Wildman–Crippen MR) is 62.2 cm³/mol. The minimum atomic E-state index is -2.74. The lowest BCUT2D eigenvalue weighted by Gasteiger charge is -2.00. The van der Waals surface area contributed by atoms with E-state index in [-0.39, 0.29) is 0 Å². The fourth-order valence-electron chi connectivity index (χ4n) is 1.36. The fraction of sp³-hybridized carbons (Fsp3) is 0.818. The van der Waals surface area contributed by atoms with E-state index in [4.69, 9.17) is 0 Å². The Bertz CT molecular complexity index is 230. The van der Waals surface area contributed by atoms with Gasteiger partial charge in [0, 0.05) is 12.0 Å². The molecular weight excluding hydrogens is 196 g/mol. The van der Waals surface area contributed by atoms with Crippen LogP contribution in [0.4, 0.5) is 0 Å². The molecule has 0 rings (SSSR count). The minimum Gasteiger partial charge on any atom is -0.229 e. The van der Waals surface area contributed by atoms with Crippen molar-refractivity contribution in [1.82, 2.24) is 0 Å². The summed E-state index contributed by atoms with van der Waals surface area (Å²) in [5.41, 5.74) is 0. The molecule has 0 aliphatic carbocycles. The van der Waals surface area contributed by atoms with Crippen molar-refractivity contribution < 1.29 is 8.42 Å². The monoisotopic (exact) mass is 218 g/mol. The lowest BCUT2D eigenvalue weighted by atomic mass is 10.1. The first-order valence-electron chi connectivity index (χ1n) is 5.35. The van der Waals surface area contributed by atoms with E-state index in [1.54, 1.807) is 0 Å². The molecule has 0 unspecified atom stereocenters. The number of allylic oxidation sites excluding steroid dienone is 1. The average Bonchev–Trinajstić information content (AvgIpc) is 2.08. The first-order chi connectivity index (χ1) is 6.56. The van der Waals surface area contributed by atoms with Crippen molar-refractivity contribution in [3.63, 3.8) is 0 Å². The molecular formula is C11H22O2S. The van der Waals surface area contributed by atoms with E-state index in [0.29, 0.717) is 5.75 Å². The summed E-state index contributed by atoms with van der Waals surface area (Å²) in [5.74, 6) is 0.347. The third-order valence-corrected chi connectivity index (χ3v) is 3.20. The van der Waals surface area contributed by atoms with E-state index in [9.17, 15) is 8.42 Å². The molecule has 0 radical (unpaired) electrons. The molecule has 0 amide bonds. The van der Waals surface area contributed by atoms with Gasteiger partial charge in [-0.2, -0.15) is 0 Å². The topological polar surface area (TPSA) is 34.1 Å². The van der Waals surface area contributed by atoms with Crippen molar-refractivity contribution in [2.75, 3.05) is 12.0 Å². The summed E-state index contributed by atoms with van der Waals surface area (Å²) in [5, 5.41) is 0. The average molecular weight is 218 g/mol. The Labute approximate surface area is 88.3 Å². The van der Waals surface area contributed by atoms with Crippen LogP contribution in [-0.2, 0) is 9.84 Å². The van der Waals surface area contributed by atoms with Gasteiger partial charge in [-0.1, -0.05) is 31.8 Å². The van der Waals surface area contributed by atoms with Gasteiger partial charge >= 0.3 is 0 Å². The van der Waals surface area contributed by atoms with Crippen LogP contribution in [0, 0.1) is 0 Å². The number of rotatable bonds is 9. The molecule has 0 spiro atoms. The van der Waals surface area contributed by atoms with Crippen LogP contribution in [0.1, 0.15) is 44.9 Å². The van der Waals surface area contributed by atoms with Crippen LogP contribution in [-0.4, -0.2) is 20.4 Å². The molecule has 0 bridgehead atoms. The van der Waals surface area contributed by atoms with Crippen molar-refractivity contribution >= 4 is 9.84 Å². The SMILES string of the molecule is C=CCCCCCCCCS(C)(=O)=O. The zero-order valence-electron chi connectivity index (χ0n) is 9.17. The summed E-state index contributed by atoms with van der Waals surface area (Å²) in [7, 11) is -2.74. The maximum atomic E-state index is 10.8. The van der Waals surface area contributed by atoms with Gasteiger partial charge in [0.05, 0.1) is 0 Å². The Hall–Kier alpha value is -0.310. The number of sulfone groups is 1. The van der Waals surface area contributed by atoms with Crippen LogP contribution in [0.2, 0.25) is 0 Å². The largest absolute Gasteiger partial charge is 0.229 e. The van der Waals surface area contributed by atoms with Crippen LogP contribution < -0.4 is 0 Å². The molecule has 84 valence electrons. The minimum absolute atomic E-state index is 0.347. The quantitative estimate of drug-likeness (QED) is 0.440. The summed E-state index contributed by atoms with van der Waals surface area (Å²) in [6.07, 6.45) is 11.1. The Balaban J connectivity index is 3.10. The maximum Gasteiger partial charge on any atom is 0.147 e. The van der Waals surface area contributed by atoms with E-state index < -0.39 is 9.84 Å². The van der Waals surface area contributed by atoms with Crippen LogP contribution in [0.15, 0.2) is 12.7 Å². The Morgan fingerprint density at radius 1 is 1.00 bits per heavy atom. The van der Waals surface area contributed by atoms with Crippen molar-refractivity contribution in [3.8, 4) is 0 Å². The van der Waals surface area contributed by atoms with Crippen LogP contribution in [0.25, 0.3) is 0 Å². The summed E-state index contributed by atoms with van der Waals surface area (Å²) in [4.78, 5) is 0. The highest BCUT2D eigenvalue weighted by Gasteiger charge is 2.00. The lowest BCUT2D eigenvalue weighted by Crippen LogP contribution is -2.02. The van der Waals surface area contributed by atoms with Crippen LogP contribution >= 0.6 is 0 Å². The number of hydrogen-bond donors (Lipinski definition) is 0. The normalized spacial score (nSPS) is 11.5. The molecule has 0 N–H and O–H groups in total. The fourth-order valence-corrected chi connectivity index (χ4v) is 2.09. The van der Waals surface area contributed by atoms with Crippen molar-refractivity contribution in [2.24, 2.45) is 0 Å².